The molecule has 144 valence electrons. The van der Waals surface area contributed by atoms with E-state index in [4.69, 9.17) is 5.11 Å². The number of aromatic nitrogens is 2. The summed E-state index contributed by atoms with van der Waals surface area (Å²) in [5, 5.41) is 13.2. The highest BCUT2D eigenvalue weighted by Crippen LogP contribution is 2.21. The number of hydrogen-bond acceptors (Lipinski definition) is 5. The Hall–Kier alpha value is -2.68. The Morgan fingerprint density at radius 1 is 1.30 bits per heavy atom. The normalized spacial score (nSPS) is 18.4. The van der Waals surface area contributed by atoms with Crippen molar-refractivity contribution in [2.24, 2.45) is 0 Å². The molecule has 0 aliphatic carbocycles. The van der Waals surface area contributed by atoms with Crippen LogP contribution < -0.4 is 0 Å². The lowest BCUT2D eigenvalue weighted by molar-refractivity contribution is 0.0691. The maximum Gasteiger partial charge on any atom is 0.339 e. The maximum atomic E-state index is 12.8. The van der Waals surface area contributed by atoms with Crippen LogP contribution in [0.4, 0.5) is 0 Å². The Balaban J connectivity index is 1.82. The van der Waals surface area contributed by atoms with Crippen LogP contribution in [0.15, 0.2) is 30.5 Å². The van der Waals surface area contributed by atoms with E-state index < -0.39 is 15.8 Å². The fourth-order valence-electron chi connectivity index (χ4n) is 3.38. The van der Waals surface area contributed by atoms with E-state index >= 15 is 0 Å². The SMILES string of the molecule is CCN(C(=O)c1ccc(-n2ncc(C(=O)O)c2C)cc1)[C@H]1CCS(=O)(=O)C1. The second-order valence-corrected chi connectivity index (χ2v) is 8.78. The largest absolute Gasteiger partial charge is 0.478 e. The van der Waals surface area contributed by atoms with Gasteiger partial charge in [0.05, 0.1) is 29.1 Å². The van der Waals surface area contributed by atoms with Crippen LogP contribution in [0.3, 0.4) is 0 Å². The van der Waals surface area contributed by atoms with Gasteiger partial charge in [-0.1, -0.05) is 0 Å². The molecule has 8 nitrogen and oxygen atoms in total. The molecule has 1 fully saturated rings. The molecule has 2 aromatic rings. The highest BCUT2D eigenvalue weighted by Gasteiger charge is 2.34. The van der Waals surface area contributed by atoms with Crippen molar-refractivity contribution in [3.63, 3.8) is 0 Å². The Bertz CT molecular complexity index is 979. The molecule has 1 aromatic carbocycles. The van der Waals surface area contributed by atoms with Crippen LogP contribution in [0, 0.1) is 6.92 Å². The zero-order valence-electron chi connectivity index (χ0n) is 15.1. The Kier molecular flexibility index (Phi) is 5.05. The number of carboxylic acids is 1. The van der Waals surface area contributed by atoms with Gasteiger partial charge < -0.3 is 10.0 Å². The maximum absolute atomic E-state index is 12.8. The minimum atomic E-state index is -3.07. The number of aromatic carboxylic acids is 1. The van der Waals surface area contributed by atoms with Gasteiger partial charge in [-0.25, -0.2) is 17.9 Å². The van der Waals surface area contributed by atoms with Gasteiger partial charge in [-0.05, 0) is 44.5 Å². The van der Waals surface area contributed by atoms with Crippen LogP contribution >= 0.6 is 0 Å². The lowest BCUT2D eigenvalue weighted by atomic mass is 10.1. The standard InChI is InChI=1S/C18H21N3O5S/c1-3-20(15-8-9-27(25,26)11-15)17(22)13-4-6-14(7-5-13)21-12(2)16(10-19-21)18(23)24/h4-7,10,15H,3,8-9,11H2,1-2H3,(H,23,24)/t15-/m0/s1. The summed E-state index contributed by atoms with van der Waals surface area (Å²) in [6, 6.07) is 6.38. The summed E-state index contributed by atoms with van der Waals surface area (Å²) in [5.74, 6) is -1.13. The molecule has 1 aromatic heterocycles. The molecule has 9 heteroatoms. The molecule has 1 atom stereocenters. The molecule has 1 amide bonds. The molecule has 1 aliphatic rings. The van der Waals surface area contributed by atoms with E-state index in [0.717, 1.165) is 0 Å². The number of nitrogens with zero attached hydrogens (tertiary/aromatic N) is 3. The van der Waals surface area contributed by atoms with Crippen LogP contribution in [0.1, 0.15) is 39.8 Å². The van der Waals surface area contributed by atoms with Crippen molar-refractivity contribution >= 4 is 21.7 Å². The number of carbonyl (C=O) groups is 2. The van der Waals surface area contributed by atoms with Gasteiger partial charge in [-0.3, -0.25) is 4.79 Å². The first kappa shape index (κ1) is 19.1. The molecule has 27 heavy (non-hydrogen) atoms. The van der Waals surface area contributed by atoms with Gasteiger partial charge in [0.1, 0.15) is 5.56 Å². The predicted molar refractivity (Wildman–Crippen MR) is 99.0 cm³/mol. The number of carboxylic acid groups (broad SMARTS) is 1. The third kappa shape index (κ3) is 3.73. The molecule has 2 heterocycles. The number of benzene rings is 1. The van der Waals surface area contributed by atoms with E-state index in [0.29, 0.717) is 29.9 Å². The first-order valence-corrected chi connectivity index (χ1v) is 10.5. The number of sulfone groups is 1. The van der Waals surface area contributed by atoms with Crippen molar-refractivity contribution in [3.05, 3.63) is 47.3 Å². The molecule has 0 radical (unpaired) electrons. The summed E-state index contributed by atoms with van der Waals surface area (Å²) >= 11 is 0. The number of carbonyl (C=O) groups excluding carboxylic acids is 1. The van der Waals surface area contributed by atoms with Crippen molar-refractivity contribution in [2.75, 3.05) is 18.1 Å². The van der Waals surface area contributed by atoms with Gasteiger partial charge in [0.2, 0.25) is 0 Å². The molecule has 0 saturated carbocycles. The van der Waals surface area contributed by atoms with Crippen molar-refractivity contribution in [3.8, 4) is 5.69 Å². The topological polar surface area (TPSA) is 110 Å². The van der Waals surface area contributed by atoms with E-state index in [1.54, 1.807) is 36.1 Å². The molecule has 3 rings (SSSR count). The second kappa shape index (κ2) is 7.15. The molecular weight excluding hydrogens is 370 g/mol. The first-order valence-electron chi connectivity index (χ1n) is 8.63. The van der Waals surface area contributed by atoms with Crippen molar-refractivity contribution < 1.29 is 23.1 Å². The summed E-state index contributed by atoms with van der Waals surface area (Å²) in [4.78, 5) is 25.6. The van der Waals surface area contributed by atoms with Gasteiger partial charge in [-0.15, -0.1) is 0 Å². The third-order valence-electron chi connectivity index (χ3n) is 4.85. The number of hydrogen-bond donors (Lipinski definition) is 1. The summed E-state index contributed by atoms with van der Waals surface area (Å²) in [6.07, 6.45) is 1.75. The molecule has 1 aliphatic heterocycles. The van der Waals surface area contributed by atoms with Crippen LogP contribution in [0.2, 0.25) is 0 Å². The average molecular weight is 391 g/mol. The van der Waals surface area contributed by atoms with E-state index in [1.165, 1.54) is 10.9 Å². The second-order valence-electron chi connectivity index (χ2n) is 6.56. The Labute approximate surface area is 157 Å². The van der Waals surface area contributed by atoms with E-state index in [2.05, 4.69) is 5.10 Å². The van der Waals surface area contributed by atoms with Gasteiger partial charge in [0, 0.05) is 18.2 Å². The molecule has 1 N–H and O–H groups in total. The highest BCUT2D eigenvalue weighted by atomic mass is 32.2. The van der Waals surface area contributed by atoms with Crippen LogP contribution in [-0.2, 0) is 9.84 Å². The fraction of sp³-hybridized carbons (Fsp3) is 0.389. The van der Waals surface area contributed by atoms with E-state index in [9.17, 15) is 18.0 Å². The lowest BCUT2D eigenvalue weighted by Crippen LogP contribution is -2.40. The molecular formula is C18H21N3O5S. The smallest absolute Gasteiger partial charge is 0.339 e. The summed E-state index contributed by atoms with van der Waals surface area (Å²) in [6.45, 7) is 3.92. The Morgan fingerprint density at radius 2 is 1.96 bits per heavy atom. The monoisotopic (exact) mass is 391 g/mol. The van der Waals surface area contributed by atoms with E-state index in [1.807, 2.05) is 6.92 Å². The fourth-order valence-corrected chi connectivity index (χ4v) is 5.11. The van der Waals surface area contributed by atoms with E-state index in [-0.39, 0.29) is 29.0 Å². The minimum Gasteiger partial charge on any atom is -0.478 e. The van der Waals surface area contributed by atoms with Crippen LogP contribution in [-0.4, -0.2) is 64.2 Å². The number of amides is 1. The molecule has 0 bridgehead atoms. The van der Waals surface area contributed by atoms with Crippen molar-refractivity contribution in [1.29, 1.82) is 0 Å². The predicted octanol–water partition coefficient (Wildman–Crippen LogP) is 1.53. The summed E-state index contributed by atoms with van der Waals surface area (Å²) in [5.41, 5.74) is 1.71. The van der Waals surface area contributed by atoms with Gasteiger partial charge in [0.25, 0.3) is 5.91 Å². The number of rotatable bonds is 5. The lowest BCUT2D eigenvalue weighted by Gasteiger charge is -2.27. The quantitative estimate of drug-likeness (QED) is 0.828. The third-order valence-corrected chi connectivity index (χ3v) is 6.60. The van der Waals surface area contributed by atoms with Crippen LogP contribution in [0.5, 0.6) is 0 Å². The summed E-state index contributed by atoms with van der Waals surface area (Å²) in [7, 11) is -3.07. The zero-order chi connectivity index (χ0) is 19.8. The first-order chi connectivity index (χ1) is 12.7. The van der Waals surface area contributed by atoms with Gasteiger partial charge in [0.15, 0.2) is 9.84 Å². The van der Waals surface area contributed by atoms with Crippen LogP contribution in [0.25, 0.3) is 5.69 Å². The Morgan fingerprint density at radius 3 is 2.44 bits per heavy atom. The average Bonchev–Trinajstić information content (AvgIpc) is 3.18. The van der Waals surface area contributed by atoms with Gasteiger partial charge in [-0.2, -0.15) is 5.10 Å². The molecule has 0 spiro atoms. The van der Waals surface area contributed by atoms with Crippen molar-refractivity contribution in [2.45, 2.75) is 26.3 Å². The molecule has 1 saturated heterocycles. The zero-order valence-corrected chi connectivity index (χ0v) is 15.9. The highest BCUT2D eigenvalue weighted by molar-refractivity contribution is 7.91. The van der Waals surface area contributed by atoms with Crippen molar-refractivity contribution in [1.82, 2.24) is 14.7 Å². The van der Waals surface area contributed by atoms with Gasteiger partial charge >= 0.3 is 5.97 Å². The summed E-state index contributed by atoms with van der Waals surface area (Å²) < 4.78 is 24.9. The molecule has 0 unspecified atom stereocenters. The minimum absolute atomic E-state index is 0.00904.